The molecule has 0 bridgehead atoms. The second-order valence-electron chi connectivity index (χ2n) is 3.98. The first-order chi connectivity index (χ1) is 8.05. The van der Waals surface area contributed by atoms with Crippen molar-refractivity contribution in [3.8, 4) is 0 Å². The fraction of sp³-hybridized carbons (Fsp3) is 0.900. The average Bonchev–Trinajstić information content (AvgIpc) is 3.08. The van der Waals surface area contributed by atoms with E-state index in [4.69, 9.17) is 4.74 Å². The Bertz CT molecular complexity index is 338. The molecule has 0 atom stereocenters. The van der Waals surface area contributed by atoms with E-state index in [9.17, 15) is 13.2 Å². The predicted octanol–water partition coefficient (Wildman–Crippen LogP) is -0.531. The number of nitrogens with one attached hydrogen (secondary N) is 2. The third kappa shape index (κ3) is 6.60. The molecule has 1 fully saturated rings. The minimum absolute atomic E-state index is 0.0264. The van der Waals surface area contributed by atoms with Gasteiger partial charge in [-0.2, -0.15) is 0 Å². The second-order valence-corrected chi connectivity index (χ2v) is 5.90. The number of hydrogen-bond acceptors (Lipinski definition) is 4. The molecule has 0 aromatic heterocycles. The average molecular weight is 264 g/mol. The van der Waals surface area contributed by atoms with E-state index >= 15 is 0 Å². The van der Waals surface area contributed by atoms with E-state index < -0.39 is 10.0 Å². The highest BCUT2D eigenvalue weighted by Gasteiger charge is 2.29. The summed E-state index contributed by atoms with van der Waals surface area (Å²) in [4.78, 5) is 11.2. The number of carbonyl (C=O) groups excluding carboxylic acids is 1. The smallest absolute Gasteiger partial charge is 0.223 e. The number of hydrogen-bond donors (Lipinski definition) is 2. The van der Waals surface area contributed by atoms with E-state index in [1.807, 2.05) is 6.92 Å². The van der Waals surface area contributed by atoms with Crippen molar-refractivity contribution in [2.75, 3.05) is 32.1 Å². The van der Waals surface area contributed by atoms with Gasteiger partial charge in [0, 0.05) is 25.6 Å². The van der Waals surface area contributed by atoms with Crippen LogP contribution >= 0.6 is 0 Å². The summed E-state index contributed by atoms with van der Waals surface area (Å²) < 4.78 is 30.2. The molecule has 7 heteroatoms. The predicted molar refractivity (Wildman–Crippen MR) is 64.0 cm³/mol. The maximum absolute atomic E-state index is 11.4. The Balaban J connectivity index is 2.05. The second kappa shape index (κ2) is 6.93. The van der Waals surface area contributed by atoms with Crippen LogP contribution in [0.5, 0.6) is 0 Å². The molecule has 1 aliphatic carbocycles. The molecule has 1 rings (SSSR count). The van der Waals surface area contributed by atoms with Crippen LogP contribution in [-0.2, 0) is 19.6 Å². The minimum Gasteiger partial charge on any atom is -0.381 e. The Morgan fingerprint density at radius 3 is 2.65 bits per heavy atom. The summed E-state index contributed by atoms with van der Waals surface area (Å²) >= 11 is 0. The largest absolute Gasteiger partial charge is 0.381 e. The van der Waals surface area contributed by atoms with Crippen LogP contribution in [0.3, 0.4) is 0 Å². The number of carbonyl (C=O) groups is 1. The van der Waals surface area contributed by atoms with Crippen molar-refractivity contribution in [3.05, 3.63) is 0 Å². The Labute approximate surface area is 102 Å². The van der Waals surface area contributed by atoms with Crippen LogP contribution in [-0.4, -0.2) is 46.4 Å². The molecule has 0 aliphatic heterocycles. The summed E-state index contributed by atoms with van der Waals surface area (Å²) in [5.41, 5.74) is 0. The summed E-state index contributed by atoms with van der Waals surface area (Å²) in [6, 6.07) is 0. The fourth-order valence-electron chi connectivity index (χ4n) is 1.27. The first-order valence-electron chi connectivity index (χ1n) is 5.88. The molecule has 1 aliphatic rings. The molecule has 100 valence electrons. The van der Waals surface area contributed by atoms with Crippen LogP contribution in [0.25, 0.3) is 0 Å². The fourth-order valence-corrected chi connectivity index (χ4v) is 2.16. The molecule has 0 aromatic carbocycles. The Kier molecular flexibility index (Phi) is 5.87. The maximum Gasteiger partial charge on any atom is 0.223 e. The van der Waals surface area contributed by atoms with Crippen LogP contribution < -0.4 is 10.0 Å². The normalized spacial score (nSPS) is 15.8. The molecule has 2 N–H and O–H groups in total. The standard InChI is InChI=1S/C10H20N2O4S/c1-2-16-7-8-17(14,15)12-6-5-11-10(13)9-3-4-9/h9,12H,2-8H2,1H3,(H,11,13). The molecule has 0 unspecified atom stereocenters. The molecule has 0 aromatic rings. The van der Waals surface area contributed by atoms with Gasteiger partial charge in [0.05, 0.1) is 12.4 Å². The number of rotatable bonds is 9. The van der Waals surface area contributed by atoms with Gasteiger partial charge >= 0.3 is 0 Å². The van der Waals surface area contributed by atoms with E-state index in [-0.39, 0.29) is 30.7 Å². The lowest BCUT2D eigenvalue weighted by molar-refractivity contribution is -0.122. The SMILES string of the molecule is CCOCCS(=O)(=O)NCCNC(=O)C1CC1. The number of ether oxygens (including phenoxy) is 1. The molecule has 6 nitrogen and oxygen atoms in total. The number of amides is 1. The monoisotopic (exact) mass is 264 g/mol. The minimum atomic E-state index is -3.28. The lowest BCUT2D eigenvalue weighted by atomic mass is 10.4. The van der Waals surface area contributed by atoms with Crippen LogP contribution in [0.15, 0.2) is 0 Å². The summed E-state index contributed by atoms with van der Waals surface area (Å²) in [5, 5.41) is 2.69. The number of sulfonamides is 1. The lowest BCUT2D eigenvalue weighted by Gasteiger charge is -2.07. The van der Waals surface area contributed by atoms with Gasteiger partial charge in [-0.25, -0.2) is 13.1 Å². The molecule has 0 spiro atoms. The first kappa shape index (κ1) is 14.4. The molecular weight excluding hydrogens is 244 g/mol. The molecule has 1 saturated carbocycles. The van der Waals surface area contributed by atoms with Crippen LogP contribution in [0, 0.1) is 5.92 Å². The van der Waals surface area contributed by atoms with E-state index in [1.165, 1.54) is 0 Å². The zero-order valence-electron chi connectivity index (χ0n) is 10.1. The highest BCUT2D eigenvalue weighted by molar-refractivity contribution is 7.89. The molecule has 17 heavy (non-hydrogen) atoms. The van der Waals surface area contributed by atoms with Gasteiger partial charge in [0.25, 0.3) is 0 Å². The van der Waals surface area contributed by atoms with Crippen LogP contribution in [0.4, 0.5) is 0 Å². The van der Waals surface area contributed by atoms with Crippen molar-refractivity contribution in [3.63, 3.8) is 0 Å². The zero-order chi connectivity index (χ0) is 12.7. The third-order valence-electron chi connectivity index (χ3n) is 2.39. The van der Waals surface area contributed by atoms with Crippen molar-refractivity contribution in [1.82, 2.24) is 10.0 Å². The molecule has 1 amide bonds. The van der Waals surface area contributed by atoms with Gasteiger partial charge < -0.3 is 10.1 Å². The quantitative estimate of drug-likeness (QED) is 0.548. The highest BCUT2D eigenvalue weighted by atomic mass is 32.2. The Hall–Kier alpha value is -0.660. The van der Waals surface area contributed by atoms with Gasteiger partial charge in [-0.1, -0.05) is 0 Å². The highest BCUT2D eigenvalue weighted by Crippen LogP contribution is 2.28. The van der Waals surface area contributed by atoms with Gasteiger partial charge in [0.15, 0.2) is 0 Å². The van der Waals surface area contributed by atoms with Crippen LogP contribution in [0.2, 0.25) is 0 Å². The van der Waals surface area contributed by atoms with E-state index in [2.05, 4.69) is 10.0 Å². The summed E-state index contributed by atoms with van der Waals surface area (Å²) in [5.74, 6) is 0.139. The van der Waals surface area contributed by atoms with Crippen molar-refractivity contribution >= 4 is 15.9 Å². The summed E-state index contributed by atoms with van der Waals surface area (Å²) in [6.07, 6.45) is 1.90. The molecule has 0 heterocycles. The van der Waals surface area contributed by atoms with Crippen molar-refractivity contribution < 1.29 is 17.9 Å². The topological polar surface area (TPSA) is 84.5 Å². The van der Waals surface area contributed by atoms with Gasteiger partial charge in [0.1, 0.15) is 0 Å². The molecular formula is C10H20N2O4S. The van der Waals surface area contributed by atoms with Crippen molar-refractivity contribution in [2.45, 2.75) is 19.8 Å². The van der Waals surface area contributed by atoms with Crippen molar-refractivity contribution in [2.24, 2.45) is 5.92 Å². The zero-order valence-corrected chi connectivity index (χ0v) is 10.9. The Morgan fingerprint density at radius 2 is 2.06 bits per heavy atom. The summed E-state index contributed by atoms with van der Waals surface area (Å²) in [7, 11) is -3.28. The summed E-state index contributed by atoms with van der Waals surface area (Å²) in [6.45, 7) is 3.08. The van der Waals surface area contributed by atoms with E-state index in [0.717, 1.165) is 12.8 Å². The third-order valence-corrected chi connectivity index (χ3v) is 3.74. The first-order valence-corrected chi connectivity index (χ1v) is 7.53. The lowest BCUT2D eigenvalue weighted by Crippen LogP contribution is -2.36. The van der Waals surface area contributed by atoms with E-state index in [1.54, 1.807) is 0 Å². The van der Waals surface area contributed by atoms with Gasteiger partial charge in [0.2, 0.25) is 15.9 Å². The molecule has 0 radical (unpaired) electrons. The van der Waals surface area contributed by atoms with Crippen LogP contribution in [0.1, 0.15) is 19.8 Å². The van der Waals surface area contributed by atoms with Gasteiger partial charge in [-0.3, -0.25) is 4.79 Å². The Morgan fingerprint density at radius 1 is 1.35 bits per heavy atom. The maximum atomic E-state index is 11.4. The molecule has 0 saturated heterocycles. The van der Waals surface area contributed by atoms with Crippen molar-refractivity contribution in [1.29, 1.82) is 0 Å². The van der Waals surface area contributed by atoms with Gasteiger partial charge in [-0.05, 0) is 19.8 Å². The van der Waals surface area contributed by atoms with Gasteiger partial charge in [-0.15, -0.1) is 0 Å². The van der Waals surface area contributed by atoms with E-state index in [0.29, 0.717) is 13.2 Å².